The zero-order chi connectivity index (χ0) is 14.4. The van der Waals surface area contributed by atoms with Gasteiger partial charge in [-0.15, -0.1) is 16.7 Å². The van der Waals surface area contributed by atoms with E-state index in [0.29, 0.717) is 30.1 Å². The topological polar surface area (TPSA) is 76.9 Å². The Kier molecular flexibility index (Phi) is 4.97. The minimum absolute atomic E-state index is 0.0470. The Bertz CT molecular complexity index is 643. The van der Waals surface area contributed by atoms with E-state index in [4.69, 9.17) is 11.6 Å². The lowest BCUT2D eigenvalue weighted by atomic mass is 10.3. The molecule has 8 heteroatoms. The van der Waals surface area contributed by atoms with E-state index >= 15 is 0 Å². The van der Waals surface area contributed by atoms with Crippen LogP contribution in [0.15, 0.2) is 36.7 Å². The third kappa shape index (κ3) is 3.94. The number of hydrogen-bond acceptors (Lipinski definition) is 4. The van der Waals surface area contributed by atoms with Crippen molar-refractivity contribution in [2.24, 2.45) is 0 Å². The molecule has 1 N–H and O–H groups in total. The number of benzene rings is 1. The molecular weight excluding hydrogens is 300 g/mol. The number of halogens is 1. The SMILES string of the molecule is O=S(=O)(CCCCCl)Nc1ccccc1-n1ccnn1. The van der Waals surface area contributed by atoms with Crippen molar-refractivity contribution in [1.29, 1.82) is 0 Å². The van der Waals surface area contributed by atoms with Crippen molar-refractivity contribution in [1.82, 2.24) is 15.0 Å². The Hall–Kier alpha value is -1.60. The number of hydrogen-bond donors (Lipinski definition) is 1. The van der Waals surface area contributed by atoms with Crippen LogP contribution >= 0.6 is 11.6 Å². The van der Waals surface area contributed by atoms with Gasteiger partial charge in [0.15, 0.2) is 0 Å². The second kappa shape index (κ2) is 6.71. The van der Waals surface area contributed by atoms with Crippen LogP contribution in [0, 0.1) is 0 Å². The van der Waals surface area contributed by atoms with Crippen LogP contribution in [0.4, 0.5) is 5.69 Å². The zero-order valence-electron chi connectivity index (χ0n) is 10.7. The fourth-order valence-corrected chi connectivity index (χ4v) is 3.08. The largest absolute Gasteiger partial charge is 0.281 e. The molecule has 1 aromatic heterocycles. The van der Waals surface area contributed by atoms with Gasteiger partial charge in [-0.25, -0.2) is 13.1 Å². The Labute approximate surface area is 122 Å². The average molecular weight is 315 g/mol. The summed E-state index contributed by atoms with van der Waals surface area (Å²) in [5, 5.41) is 7.58. The predicted molar refractivity (Wildman–Crippen MR) is 78.7 cm³/mol. The average Bonchev–Trinajstić information content (AvgIpc) is 2.93. The van der Waals surface area contributed by atoms with E-state index in [9.17, 15) is 8.42 Å². The minimum atomic E-state index is -3.39. The molecule has 0 aliphatic carbocycles. The summed E-state index contributed by atoms with van der Waals surface area (Å²) in [5.74, 6) is 0.510. The van der Waals surface area contributed by atoms with Crippen molar-refractivity contribution in [2.75, 3.05) is 16.4 Å². The number of nitrogens with zero attached hydrogens (tertiary/aromatic N) is 3. The highest BCUT2D eigenvalue weighted by Gasteiger charge is 2.13. The number of anilines is 1. The summed E-state index contributed by atoms with van der Waals surface area (Å²) in [4.78, 5) is 0. The normalized spacial score (nSPS) is 11.4. The van der Waals surface area contributed by atoms with Gasteiger partial charge in [0.1, 0.15) is 0 Å². The van der Waals surface area contributed by atoms with Crippen molar-refractivity contribution in [3.05, 3.63) is 36.7 Å². The van der Waals surface area contributed by atoms with Crippen LogP contribution in [0.25, 0.3) is 5.69 Å². The molecule has 20 heavy (non-hydrogen) atoms. The molecule has 0 aliphatic rings. The number of nitrogens with one attached hydrogen (secondary N) is 1. The Morgan fingerprint density at radius 1 is 1.25 bits per heavy atom. The quantitative estimate of drug-likeness (QED) is 0.626. The summed E-state index contributed by atoms with van der Waals surface area (Å²) in [6.45, 7) is 0. The van der Waals surface area contributed by atoms with Crippen LogP contribution in [0.5, 0.6) is 0 Å². The van der Waals surface area contributed by atoms with Crippen LogP contribution in [-0.4, -0.2) is 35.0 Å². The van der Waals surface area contributed by atoms with Crippen LogP contribution in [-0.2, 0) is 10.0 Å². The van der Waals surface area contributed by atoms with Crippen molar-refractivity contribution in [3.63, 3.8) is 0 Å². The maximum absolute atomic E-state index is 12.0. The second-order valence-corrected chi connectivity index (χ2v) is 6.40. The van der Waals surface area contributed by atoms with E-state index < -0.39 is 10.0 Å². The van der Waals surface area contributed by atoms with Gasteiger partial charge in [-0.1, -0.05) is 17.3 Å². The monoisotopic (exact) mass is 314 g/mol. The summed E-state index contributed by atoms with van der Waals surface area (Å²) in [7, 11) is -3.39. The number of para-hydroxylation sites is 2. The third-order valence-corrected chi connectivity index (χ3v) is 4.26. The van der Waals surface area contributed by atoms with Gasteiger partial charge in [-0.05, 0) is 25.0 Å². The number of alkyl halides is 1. The van der Waals surface area contributed by atoms with Gasteiger partial charge in [0.05, 0.1) is 29.5 Å². The van der Waals surface area contributed by atoms with Gasteiger partial charge in [-0.3, -0.25) is 4.72 Å². The molecule has 0 radical (unpaired) electrons. The first kappa shape index (κ1) is 14.8. The zero-order valence-corrected chi connectivity index (χ0v) is 12.3. The number of sulfonamides is 1. The first-order valence-electron chi connectivity index (χ1n) is 6.14. The van der Waals surface area contributed by atoms with Gasteiger partial charge in [0.25, 0.3) is 0 Å². The van der Waals surface area contributed by atoms with Crippen LogP contribution in [0.1, 0.15) is 12.8 Å². The predicted octanol–water partition coefficient (Wildman–Crippen LogP) is 2.03. The van der Waals surface area contributed by atoms with E-state index in [-0.39, 0.29) is 5.75 Å². The molecule has 2 rings (SSSR count). The molecule has 108 valence electrons. The number of aromatic nitrogens is 3. The molecule has 2 aromatic rings. The Balaban J connectivity index is 2.18. The van der Waals surface area contributed by atoms with E-state index in [1.54, 1.807) is 24.4 Å². The lowest BCUT2D eigenvalue weighted by Gasteiger charge is -2.11. The molecular formula is C12H15ClN4O2S. The van der Waals surface area contributed by atoms with E-state index in [1.165, 1.54) is 10.9 Å². The Morgan fingerprint density at radius 2 is 2.05 bits per heavy atom. The highest BCUT2D eigenvalue weighted by Crippen LogP contribution is 2.20. The lowest BCUT2D eigenvalue weighted by Crippen LogP contribution is -2.18. The molecule has 1 aromatic carbocycles. The highest BCUT2D eigenvalue weighted by molar-refractivity contribution is 7.92. The van der Waals surface area contributed by atoms with Crippen molar-refractivity contribution < 1.29 is 8.42 Å². The first-order valence-corrected chi connectivity index (χ1v) is 8.33. The van der Waals surface area contributed by atoms with Gasteiger partial charge in [-0.2, -0.15) is 0 Å². The fourth-order valence-electron chi connectivity index (χ4n) is 1.70. The van der Waals surface area contributed by atoms with Gasteiger partial charge < -0.3 is 0 Å². The summed E-state index contributed by atoms with van der Waals surface area (Å²) in [6, 6.07) is 7.03. The smallest absolute Gasteiger partial charge is 0.232 e. The molecule has 0 fully saturated rings. The molecule has 0 atom stereocenters. The van der Waals surface area contributed by atoms with Gasteiger partial charge in [0, 0.05) is 5.88 Å². The maximum atomic E-state index is 12.0. The van der Waals surface area contributed by atoms with Gasteiger partial charge in [0.2, 0.25) is 10.0 Å². The van der Waals surface area contributed by atoms with Crippen LogP contribution in [0.3, 0.4) is 0 Å². The Morgan fingerprint density at radius 3 is 2.75 bits per heavy atom. The van der Waals surface area contributed by atoms with Crippen molar-refractivity contribution >= 4 is 27.3 Å². The molecule has 1 heterocycles. The molecule has 0 saturated heterocycles. The minimum Gasteiger partial charge on any atom is -0.281 e. The summed E-state index contributed by atoms with van der Waals surface area (Å²) in [6.07, 6.45) is 4.39. The highest BCUT2D eigenvalue weighted by atomic mass is 35.5. The second-order valence-electron chi connectivity index (χ2n) is 4.18. The fraction of sp³-hybridized carbons (Fsp3) is 0.333. The molecule has 0 spiro atoms. The van der Waals surface area contributed by atoms with Crippen LogP contribution in [0.2, 0.25) is 0 Å². The summed E-state index contributed by atoms with van der Waals surface area (Å²) >= 11 is 5.55. The van der Waals surface area contributed by atoms with Crippen molar-refractivity contribution in [3.8, 4) is 5.69 Å². The molecule has 0 aliphatic heterocycles. The molecule has 0 saturated carbocycles. The number of unbranched alkanes of at least 4 members (excludes halogenated alkanes) is 1. The lowest BCUT2D eigenvalue weighted by molar-refractivity contribution is 0.598. The number of rotatable bonds is 7. The standard InChI is InChI=1S/C12H15ClN4O2S/c13-7-3-4-10-20(18,19)15-11-5-1-2-6-12(11)17-9-8-14-16-17/h1-2,5-6,8-9,15H,3-4,7,10H2. The summed E-state index contributed by atoms with van der Waals surface area (Å²) < 4.78 is 28.1. The first-order chi connectivity index (χ1) is 9.62. The van der Waals surface area contributed by atoms with Gasteiger partial charge >= 0.3 is 0 Å². The molecule has 6 nitrogen and oxygen atoms in total. The van der Waals surface area contributed by atoms with Crippen molar-refractivity contribution in [2.45, 2.75) is 12.8 Å². The summed E-state index contributed by atoms with van der Waals surface area (Å²) in [5.41, 5.74) is 1.11. The molecule has 0 amide bonds. The molecule has 0 unspecified atom stereocenters. The third-order valence-electron chi connectivity index (χ3n) is 2.64. The van der Waals surface area contributed by atoms with E-state index in [2.05, 4.69) is 15.0 Å². The maximum Gasteiger partial charge on any atom is 0.232 e. The van der Waals surface area contributed by atoms with E-state index in [1.807, 2.05) is 6.07 Å². The molecule has 0 bridgehead atoms. The van der Waals surface area contributed by atoms with Crippen LogP contribution < -0.4 is 4.72 Å². The van der Waals surface area contributed by atoms with E-state index in [0.717, 1.165) is 0 Å².